The molecule has 3 aliphatic heterocycles. The van der Waals surface area contributed by atoms with Crippen molar-refractivity contribution in [2.45, 2.75) is 51.1 Å². The van der Waals surface area contributed by atoms with Gasteiger partial charge in [0.15, 0.2) is 0 Å². The highest BCUT2D eigenvalue weighted by atomic mass is 16.2. The number of hydrogen-bond acceptors (Lipinski definition) is 6. The number of allylic oxidation sites excluding steroid dienone is 5. The number of nitrogens with one attached hydrogen (secondary N) is 1. The monoisotopic (exact) mass is 459 g/mol. The van der Waals surface area contributed by atoms with E-state index in [9.17, 15) is 5.11 Å². The van der Waals surface area contributed by atoms with Crippen molar-refractivity contribution in [2.24, 2.45) is 5.92 Å². The molecule has 5 rings (SSSR count). The molecule has 1 aromatic heterocycles. The molecule has 2 saturated heterocycles. The third kappa shape index (κ3) is 5.07. The van der Waals surface area contributed by atoms with E-state index in [-0.39, 0.29) is 0 Å². The number of rotatable bonds is 6. The lowest BCUT2D eigenvalue weighted by Gasteiger charge is -2.41. The number of likely N-dealkylation sites (tertiary alicyclic amines) is 2. The van der Waals surface area contributed by atoms with Gasteiger partial charge in [0.1, 0.15) is 12.1 Å². The van der Waals surface area contributed by atoms with Crippen LogP contribution in [0.15, 0.2) is 84.6 Å². The molecule has 6 heteroatoms. The van der Waals surface area contributed by atoms with Crippen molar-refractivity contribution in [1.29, 1.82) is 0 Å². The summed E-state index contributed by atoms with van der Waals surface area (Å²) in [5.74, 6) is 1.53. The van der Waals surface area contributed by atoms with Crippen LogP contribution in [-0.2, 0) is 6.54 Å². The molecule has 0 aromatic carbocycles. The molecule has 6 nitrogen and oxygen atoms in total. The van der Waals surface area contributed by atoms with Crippen LogP contribution in [0.4, 0.5) is 0 Å². The first-order valence-corrected chi connectivity index (χ1v) is 12.7. The number of hydrogen-bond donors (Lipinski definition) is 2. The summed E-state index contributed by atoms with van der Waals surface area (Å²) in [5.41, 5.74) is 4.91. The topological polar surface area (TPSA) is 54.9 Å². The lowest BCUT2D eigenvalue weighted by molar-refractivity contribution is 0.154. The number of aliphatic hydroxyl groups is 1. The Morgan fingerprint density at radius 2 is 1.79 bits per heavy atom. The minimum Gasteiger partial charge on any atom is -0.512 e. The van der Waals surface area contributed by atoms with E-state index < -0.39 is 0 Å². The first-order valence-electron chi connectivity index (χ1n) is 12.7. The van der Waals surface area contributed by atoms with E-state index in [1.165, 1.54) is 49.2 Å². The first-order chi connectivity index (χ1) is 16.7. The molecule has 0 amide bonds. The summed E-state index contributed by atoms with van der Waals surface area (Å²) in [6.07, 6.45) is 20.3. The van der Waals surface area contributed by atoms with E-state index >= 15 is 0 Å². The highest BCUT2D eigenvalue weighted by Gasteiger charge is 2.34. The van der Waals surface area contributed by atoms with Crippen molar-refractivity contribution in [2.75, 3.05) is 26.2 Å². The molecule has 0 unspecified atom stereocenters. The van der Waals surface area contributed by atoms with Crippen LogP contribution >= 0.6 is 0 Å². The zero-order chi connectivity index (χ0) is 23.3. The largest absolute Gasteiger partial charge is 0.512 e. The Labute approximate surface area is 203 Å². The number of aliphatic hydroxyl groups excluding tert-OH is 1. The summed E-state index contributed by atoms with van der Waals surface area (Å²) >= 11 is 0. The first kappa shape index (κ1) is 22.8. The molecule has 4 heterocycles. The molecular weight excluding hydrogens is 422 g/mol. The van der Waals surface area contributed by atoms with Crippen LogP contribution in [0.1, 0.15) is 44.1 Å². The number of aromatic nitrogens is 1. The van der Waals surface area contributed by atoms with Gasteiger partial charge in [-0.1, -0.05) is 18.7 Å². The van der Waals surface area contributed by atoms with E-state index in [0.717, 1.165) is 62.8 Å². The molecule has 0 atom stereocenters. The molecule has 2 fully saturated rings. The lowest BCUT2D eigenvalue weighted by Crippen LogP contribution is -2.43. The summed E-state index contributed by atoms with van der Waals surface area (Å²) in [7, 11) is 0. The van der Waals surface area contributed by atoms with Crippen molar-refractivity contribution in [3.05, 3.63) is 90.1 Å². The third-order valence-electron chi connectivity index (χ3n) is 7.68. The zero-order valence-electron chi connectivity index (χ0n) is 20.1. The van der Waals surface area contributed by atoms with Gasteiger partial charge in [0.05, 0.1) is 11.4 Å². The zero-order valence-corrected chi connectivity index (χ0v) is 20.1. The van der Waals surface area contributed by atoms with Crippen LogP contribution < -0.4 is 5.32 Å². The summed E-state index contributed by atoms with van der Waals surface area (Å²) in [5, 5.41) is 13.2. The Morgan fingerprint density at radius 1 is 1.06 bits per heavy atom. The van der Waals surface area contributed by atoms with Crippen LogP contribution in [0, 0.1) is 5.92 Å². The molecule has 0 spiro atoms. The lowest BCUT2D eigenvalue weighted by atomic mass is 9.91. The molecule has 2 N–H and O–H groups in total. The Hall–Kier alpha value is -2.99. The average molecular weight is 460 g/mol. The molecule has 0 bridgehead atoms. The van der Waals surface area contributed by atoms with E-state index in [1.807, 2.05) is 12.4 Å². The van der Waals surface area contributed by atoms with Gasteiger partial charge in [0.25, 0.3) is 0 Å². The fourth-order valence-corrected chi connectivity index (χ4v) is 5.75. The van der Waals surface area contributed by atoms with Crippen molar-refractivity contribution in [3.8, 4) is 0 Å². The van der Waals surface area contributed by atoms with Gasteiger partial charge in [-0.2, -0.15) is 0 Å². The van der Waals surface area contributed by atoms with E-state index in [4.69, 9.17) is 0 Å². The van der Waals surface area contributed by atoms with Crippen molar-refractivity contribution < 1.29 is 5.11 Å². The quantitative estimate of drug-likeness (QED) is 0.604. The third-order valence-corrected chi connectivity index (χ3v) is 7.68. The van der Waals surface area contributed by atoms with Gasteiger partial charge in [-0.05, 0) is 87.4 Å². The smallest absolute Gasteiger partial charge is 0.146 e. The highest BCUT2D eigenvalue weighted by Crippen LogP contribution is 2.34. The number of nitrogens with zero attached hydrogens (tertiary/aromatic N) is 4. The van der Waals surface area contributed by atoms with E-state index in [0.29, 0.717) is 6.04 Å². The van der Waals surface area contributed by atoms with Crippen LogP contribution in [-0.4, -0.2) is 57.0 Å². The van der Waals surface area contributed by atoms with Gasteiger partial charge in [-0.15, -0.1) is 0 Å². The molecule has 1 aromatic rings. The maximum atomic E-state index is 9.84. The second-order valence-electron chi connectivity index (χ2n) is 9.91. The van der Waals surface area contributed by atoms with Crippen LogP contribution in [0.3, 0.4) is 0 Å². The number of piperidine rings is 2. The SMILES string of the molecule is C=C(CC1CCN(Cc2ccncc2)CC1)N1CCC(N2C(=CO)NC3=C2C=CCC=C3)CC1. The minimum absolute atomic E-state index is 0.384. The molecule has 180 valence electrons. The second-order valence-corrected chi connectivity index (χ2v) is 9.91. The van der Waals surface area contributed by atoms with Gasteiger partial charge in [0.2, 0.25) is 0 Å². The number of pyridine rings is 1. The molecule has 34 heavy (non-hydrogen) atoms. The molecular formula is C28H37N5O. The van der Waals surface area contributed by atoms with Crippen molar-refractivity contribution in [3.63, 3.8) is 0 Å². The van der Waals surface area contributed by atoms with Gasteiger partial charge in [-0.25, -0.2) is 0 Å². The van der Waals surface area contributed by atoms with Gasteiger partial charge in [0, 0.05) is 43.8 Å². The van der Waals surface area contributed by atoms with Crippen LogP contribution in [0.25, 0.3) is 0 Å². The maximum Gasteiger partial charge on any atom is 0.146 e. The average Bonchev–Trinajstić information content (AvgIpc) is 3.07. The molecule has 0 radical (unpaired) electrons. The minimum atomic E-state index is 0.384. The van der Waals surface area contributed by atoms with Gasteiger partial charge >= 0.3 is 0 Å². The van der Waals surface area contributed by atoms with E-state index in [1.54, 1.807) is 0 Å². The fraction of sp³-hybridized carbons (Fsp3) is 0.464. The molecule has 4 aliphatic rings. The van der Waals surface area contributed by atoms with Crippen molar-refractivity contribution in [1.82, 2.24) is 25.0 Å². The summed E-state index contributed by atoms with van der Waals surface area (Å²) in [6.45, 7) is 9.91. The predicted octanol–water partition coefficient (Wildman–Crippen LogP) is 4.65. The molecule has 1 aliphatic carbocycles. The Bertz CT molecular complexity index is 979. The highest BCUT2D eigenvalue weighted by molar-refractivity contribution is 5.43. The Morgan fingerprint density at radius 3 is 2.53 bits per heavy atom. The maximum absolute atomic E-state index is 9.84. The molecule has 0 saturated carbocycles. The fourth-order valence-electron chi connectivity index (χ4n) is 5.75. The van der Waals surface area contributed by atoms with Gasteiger partial charge in [-0.3, -0.25) is 9.88 Å². The van der Waals surface area contributed by atoms with Crippen LogP contribution in [0.2, 0.25) is 0 Å². The Kier molecular flexibility index (Phi) is 7.05. The predicted molar refractivity (Wildman–Crippen MR) is 136 cm³/mol. The normalized spacial score (nSPS) is 23.4. The van der Waals surface area contributed by atoms with Crippen molar-refractivity contribution >= 4 is 0 Å². The second kappa shape index (κ2) is 10.5. The summed E-state index contributed by atoms with van der Waals surface area (Å²) in [4.78, 5) is 11.5. The summed E-state index contributed by atoms with van der Waals surface area (Å²) < 4.78 is 0. The standard InChI is InChI=1S/C28H37N5O/c1-22(19-23-9-15-31(16-10-23)20-24-7-13-29-14-8-24)32-17-11-25(12-18-32)33-27-6-4-2-3-5-26(27)30-28(33)21-34/h3-8,13-14,21,23,25,30,34H,1-2,9-12,15-20H2. The van der Waals surface area contributed by atoms with Gasteiger partial charge < -0.3 is 20.2 Å². The Balaban J connectivity index is 1.10. The summed E-state index contributed by atoms with van der Waals surface area (Å²) in [6, 6.07) is 4.62. The van der Waals surface area contributed by atoms with E-state index in [2.05, 4.69) is 68.0 Å². The van der Waals surface area contributed by atoms with Crippen LogP contribution in [0.5, 0.6) is 0 Å².